The van der Waals surface area contributed by atoms with Gasteiger partial charge in [0.1, 0.15) is 0 Å². The Morgan fingerprint density at radius 2 is 1.67 bits per heavy atom. The van der Waals surface area contributed by atoms with Crippen molar-refractivity contribution in [2.24, 2.45) is 17.8 Å². The van der Waals surface area contributed by atoms with Gasteiger partial charge in [0.05, 0.1) is 0 Å². The zero-order chi connectivity index (χ0) is 12.9. The summed E-state index contributed by atoms with van der Waals surface area (Å²) in [6.45, 7) is 4.31. The van der Waals surface area contributed by atoms with Crippen molar-refractivity contribution < 1.29 is 0 Å². The third-order valence-electron chi connectivity index (χ3n) is 4.97. The second-order valence-electron chi connectivity index (χ2n) is 6.05. The van der Waals surface area contributed by atoms with Crippen molar-refractivity contribution in [1.82, 2.24) is 0 Å². The topological polar surface area (TPSA) is 0 Å². The van der Waals surface area contributed by atoms with E-state index in [1.54, 1.807) is 0 Å². The third kappa shape index (κ3) is 2.14. The van der Waals surface area contributed by atoms with Crippen molar-refractivity contribution in [2.45, 2.75) is 44.4 Å². The summed E-state index contributed by atoms with van der Waals surface area (Å²) < 4.78 is 0. The van der Waals surface area contributed by atoms with Crippen molar-refractivity contribution in [2.75, 3.05) is 0 Å². The number of hydrogen-bond acceptors (Lipinski definition) is 0. The Kier molecular flexibility index (Phi) is 3.49. The van der Waals surface area contributed by atoms with Gasteiger partial charge >= 0.3 is 0 Å². The molecule has 0 heterocycles. The molecule has 3 unspecified atom stereocenters. The minimum atomic E-state index is 0.456. The predicted molar refractivity (Wildman–Crippen MR) is 81.5 cm³/mol. The van der Waals surface area contributed by atoms with Crippen LogP contribution < -0.4 is 0 Å². The lowest BCUT2D eigenvalue weighted by atomic mass is 10.0. The van der Waals surface area contributed by atoms with Gasteiger partial charge < -0.3 is 0 Å². The first kappa shape index (κ1) is 13.0. The van der Waals surface area contributed by atoms with E-state index < -0.39 is 0 Å². The van der Waals surface area contributed by atoms with Crippen LogP contribution in [0.5, 0.6) is 0 Å². The molecule has 2 aliphatic carbocycles. The molecule has 0 saturated heterocycles. The highest BCUT2D eigenvalue weighted by Crippen LogP contribution is 2.63. The van der Waals surface area contributed by atoms with Gasteiger partial charge in [0.2, 0.25) is 0 Å². The summed E-state index contributed by atoms with van der Waals surface area (Å²) in [5.74, 6) is 2.74. The van der Waals surface area contributed by atoms with Crippen LogP contribution in [0.1, 0.15) is 47.2 Å². The Morgan fingerprint density at radius 3 is 2.28 bits per heavy atom. The second-order valence-corrected chi connectivity index (χ2v) is 7.44. The van der Waals surface area contributed by atoms with Gasteiger partial charge in [-0.2, -0.15) is 0 Å². The van der Waals surface area contributed by atoms with E-state index in [4.69, 9.17) is 11.6 Å². The maximum atomic E-state index is 6.44. The van der Waals surface area contributed by atoms with E-state index >= 15 is 0 Å². The van der Waals surface area contributed by atoms with Crippen LogP contribution >= 0.6 is 27.5 Å². The van der Waals surface area contributed by atoms with Crippen molar-refractivity contribution in [3.8, 4) is 0 Å². The van der Waals surface area contributed by atoms with Crippen LogP contribution in [0.15, 0.2) is 12.1 Å². The quantitative estimate of drug-likeness (QED) is 0.600. The van der Waals surface area contributed by atoms with E-state index in [9.17, 15) is 0 Å². The molecule has 3 rings (SSSR count). The Morgan fingerprint density at radius 1 is 1.11 bits per heavy atom. The number of aryl methyl sites for hydroxylation is 2. The van der Waals surface area contributed by atoms with Crippen LogP contribution in [0, 0.1) is 31.6 Å². The van der Waals surface area contributed by atoms with Gasteiger partial charge in [-0.15, -0.1) is 0 Å². The minimum absolute atomic E-state index is 0.456. The Balaban J connectivity index is 1.85. The molecule has 2 aliphatic rings. The normalized spacial score (nSPS) is 31.9. The van der Waals surface area contributed by atoms with Crippen LogP contribution in [0.2, 0.25) is 5.02 Å². The van der Waals surface area contributed by atoms with Crippen LogP contribution in [0.3, 0.4) is 0 Å². The fourth-order valence-electron chi connectivity index (χ4n) is 3.70. The first-order chi connectivity index (χ1) is 8.59. The summed E-state index contributed by atoms with van der Waals surface area (Å²) in [7, 11) is 0. The monoisotopic (exact) mass is 326 g/mol. The van der Waals surface area contributed by atoms with Crippen molar-refractivity contribution in [3.05, 3.63) is 33.8 Å². The number of hydrogen-bond donors (Lipinski definition) is 0. The van der Waals surface area contributed by atoms with E-state index in [0.717, 1.165) is 22.8 Å². The van der Waals surface area contributed by atoms with E-state index in [1.807, 2.05) is 0 Å². The fraction of sp³-hybridized carbons (Fsp3) is 0.625. The molecular weight excluding hydrogens is 308 g/mol. The summed E-state index contributed by atoms with van der Waals surface area (Å²) in [5.41, 5.74) is 3.94. The first-order valence-corrected chi connectivity index (χ1v) is 8.29. The van der Waals surface area contributed by atoms with Gasteiger partial charge in [0, 0.05) is 9.85 Å². The smallest absolute Gasteiger partial charge is 0.0452 e. The number of benzene rings is 1. The highest BCUT2D eigenvalue weighted by Gasteiger charge is 2.53. The van der Waals surface area contributed by atoms with Gasteiger partial charge in [-0.1, -0.05) is 46.4 Å². The fourth-order valence-corrected chi connectivity index (χ4v) is 5.33. The molecule has 0 N–H and O–H groups in total. The third-order valence-corrected chi connectivity index (χ3v) is 6.40. The molecule has 2 heteroatoms. The summed E-state index contributed by atoms with van der Waals surface area (Å²) in [6, 6.07) is 4.40. The molecule has 2 saturated carbocycles. The highest BCUT2D eigenvalue weighted by atomic mass is 79.9. The molecule has 0 spiro atoms. The Bertz CT molecular complexity index is 456. The Hall–Kier alpha value is -0.0100. The highest BCUT2D eigenvalue weighted by molar-refractivity contribution is 9.09. The van der Waals surface area contributed by atoms with Crippen LogP contribution in [-0.4, -0.2) is 0 Å². The molecule has 2 fully saturated rings. The molecule has 98 valence electrons. The number of rotatable bonds is 2. The molecule has 0 aromatic heterocycles. The predicted octanol–water partition coefficient (Wildman–Crippen LogP) is 5.83. The SMILES string of the molecule is Cc1cc(Cl)c(C(Br)C2C3CCCCC32)cc1C. The molecule has 18 heavy (non-hydrogen) atoms. The number of alkyl halides is 1. The van der Waals surface area contributed by atoms with E-state index in [-0.39, 0.29) is 0 Å². The molecule has 0 amide bonds. The van der Waals surface area contributed by atoms with Gasteiger partial charge in [0.25, 0.3) is 0 Å². The molecule has 3 atom stereocenters. The summed E-state index contributed by atoms with van der Waals surface area (Å²) >= 11 is 10.4. The van der Waals surface area contributed by atoms with Crippen LogP contribution in [0.4, 0.5) is 0 Å². The first-order valence-electron chi connectivity index (χ1n) is 7.00. The van der Waals surface area contributed by atoms with Crippen molar-refractivity contribution >= 4 is 27.5 Å². The minimum Gasteiger partial charge on any atom is -0.0840 e. The van der Waals surface area contributed by atoms with E-state index in [2.05, 4.69) is 41.9 Å². The largest absolute Gasteiger partial charge is 0.0840 e. The standard InChI is InChI=1S/C16H20BrCl/c1-9-7-13(14(18)8-10(9)2)16(17)15-11-5-3-4-6-12(11)15/h7-8,11-12,15-16H,3-6H2,1-2H3. The molecule has 1 aromatic carbocycles. The molecule has 0 radical (unpaired) electrons. The molecular formula is C16H20BrCl. The Labute approximate surface area is 123 Å². The van der Waals surface area contributed by atoms with Crippen LogP contribution in [0.25, 0.3) is 0 Å². The zero-order valence-electron chi connectivity index (χ0n) is 11.0. The molecule has 1 aromatic rings. The van der Waals surface area contributed by atoms with Gasteiger partial charge in [-0.3, -0.25) is 0 Å². The summed E-state index contributed by atoms with van der Waals surface area (Å²) in [6.07, 6.45) is 5.72. The van der Waals surface area contributed by atoms with E-state index in [1.165, 1.54) is 42.4 Å². The summed E-state index contributed by atoms with van der Waals surface area (Å²) in [4.78, 5) is 0.456. The molecule has 0 aliphatic heterocycles. The van der Waals surface area contributed by atoms with Crippen molar-refractivity contribution in [3.63, 3.8) is 0 Å². The maximum absolute atomic E-state index is 6.44. The summed E-state index contributed by atoms with van der Waals surface area (Å²) in [5, 5.41) is 0.934. The second kappa shape index (κ2) is 4.83. The van der Waals surface area contributed by atoms with Gasteiger partial charge in [-0.05, 0) is 67.2 Å². The lowest BCUT2D eigenvalue weighted by Crippen LogP contribution is -1.98. The number of halogens is 2. The van der Waals surface area contributed by atoms with Crippen molar-refractivity contribution in [1.29, 1.82) is 0 Å². The average Bonchev–Trinajstić information content (AvgIpc) is 3.07. The lowest BCUT2D eigenvalue weighted by molar-refractivity contribution is 0.480. The molecule has 0 bridgehead atoms. The average molecular weight is 328 g/mol. The zero-order valence-corrected chi connectivity index (χ0v) is 13.4. The van der Waals surface area contributed by atoms with E-state index in [0.29, 0.717) is 4.83 Å². The van der Waals surface area contributed by atoms with Gasteiger partial charge in [-0.25, -0.2) is 0 Å². The molecule has 0 nitrogen and oxygen atoms in total. The van der Waals surface area contributed by atoms with Crippen LogP contribution in [-0.2, 0) is 0 Å². The maximum Gasteiger partial charge on any atom is 0.0452 e. The lowest BCUT2D eigenvalue weighted by Gasteiger charge is -2.14. The van der Waals surface area contributed by atoms with Gasteiger partial charge in [0.15, 0.2) is 0 Å². The number of fused-ring (bicyclic) bond motifs is 1.